The van der Waals surface area contributed by atoms with Crippen LogP contribution in [0.3, 0.4) is 0 Å². The van der Waals surface area contributed by atoms with Crippen molar-refractivity contribution in [2.45, 2.75) is 0 Å². The maximum Gasteiger partial charge on any atom is 0.180 e. The molecule has 0 amide bonds. The number of halogens is 1. The summed E-state index contributed by atoms with van der Waals surface area (Å²) in [6.45, 7) is 0. The minimum atomic E-state index is 0.669. The van der Waals surface area contributed by atoms with Crippen molar-refractivity contribution in [3.63, 3.8) is 0 Å². The summed E-state index contributed by atoms with van der Waals surface area (Å²) in [5, 5.41) is 0.669. The zero-order valence-electron chi connectivity index (χ0n) is 5.26. The van der Waals surface area contributed by atoms with Gasteiger partial charge in [-0.1, -0.05) is 11.6 Å². The Labute approximate surface area is 63.7 Å². The summed E-state index contributed by atoms with van der Waals surface area (Å²) in [6, 6.07) is 0. The van der Waals surface area contributed by atoms with Crippen molar-refractivity contribution in [1.29, 1.82) is 0 Å². The highest BCUT2D eigenvalue weighted by Gasteiger charge is 1.96. The quantitative estimate of drug-likeness (QED) is 0.529. The predicted molar refractivity (Wildman–Crippen MR) is 40.2 cm³/mol. The van der Waals surface area contributed by atoms with Crippen LogP contribution in [0, 0.1) is 4.77 Å². The lowest BCUT2D eigenvalue weighted by Crippen LogP contribution is -1.89. The van der Waals surface area contributed by atoms with Gasteiger partial charge in [0.25, 0.3) is 0 Å². The van der Waals surface area contributed by atoms with Crippen molar-refractivity contribution in [3.05, 3.63) is 16.1 Å². The Balaban J connectivity index is 3.48. The van der Waals surface area contributed by atoms with Crippen LogP contribution < -0.4 is 0 Å². The van der Waals surface area contributed by atoms with Gasteiger partial charge in [-0.2, -0.15) is 0 Å². The molecular formula is C5H7ClN2S. The molecule has 0 atom stereocenters. The molecule has 0 saturated carbocycles. The molecule has 0 aliphatic rings. The van der Waals surface area contributed by atoms with Crippen molar-refractivity contribution in [2.24, 2.45) is 14.1 Å². The highest BCUT2D eigenvalue weighted by Crippen LogP contribution is 2.07. The van der Waals surface area contributed by atoms with E-state index < -0.39 is 0 Å². The molecule has 1 heterocycles. The van der Waals surface area contributed by atoms with Gasteiger partial charge in [0.15, 0.2) is 4.77 Å². The van der Waals surface area contributed by atoms with Gasteiger partial charge in [0, 0.05) is 20.3 Å². The Morgan fingerprint density at radius 2 is 2.11 bits per heavy atom. The van der Waals surface area contributed by atoms with E-state index in [1.54, 1.807) is 15.3 Å². The lowest BCUT2D eigenvalue weighted by molar-refractivity contribution is 0.814. The van der Waals surface area contributed by atoms with E-state index in [0.717, 1.165) is 4.77 Å². The van der Waals surface area contributed by atoms with Crippen molar-refractivity contribution in [3.8, 4) is 0 Å². The monoisotopic (exact) mass is 162 g/mol. The molecule has 2 nitrogen and oxygen atoms in total. The van der Waals surface area contributed by atoms with E-state index in [0.29, 0.717) is 5.15 Å². The molecule has 1 aromatic rings. The summed E-state index contributed by atoms with van der Waals surface area (Å²) >= 11 is 10.7. The fraction of sp³-hybridized carbons (Fsp3) is 0.400. The van der Waals surface area contributed by atoms with Crippen molar-refractivity contribution < 1.29 is 0 Å². The van der Waals surface area contributed by atoms with Gasteiger partial charge in [0.1, 0.15) is 5.15 Å². The van der Waals surface area contributed by atoms with Gasteiger partial charge in [0.05, 0.1) is 0 Å². The second kappa shape index (κ2) is 2.15. The SMILES string of the molecule is Cn1cc(Cl)n(C)c1=S. The maximum absolute atomic E-state index is 5.71. The Bertz CT molecular complexity index is 273. The highest BCUT2D eigenvalue weighted by atomic mass is 35.5. The van der Waals surface area contributed by atoms with Crippen molar-refractivity contribution in [1.82, 2.24) is 9.13 Å². The van der Waals surface area contributed by atoms with Crippen LogP contribution in [0.1, 0.15) is 0 Å². The summed E-state index contributed by atoms with van der Waals surface area (Å²) in [5.41, 5.74) is 0. The summed E-state index contributed by atoms with van der Waals surface area (Å²) in [5.74, 6) is 0. The molecule has 0 unspecified atom stereocenters. The maximum atomic E-state index is 5.71. The third kappa shape index (κ3) is 1.02. The second-order valence-corrected chi connectivity index (χ2v) is 2.66. The summed E-state index contributed by atoms with van der Waals surface area (Å²) in [4.78, 5) is 0. The summed E-state index contributed by atoms with van der Waals surface area (Å²) in [6.07, 6.45) is 1.78. The molecule has 9 heavy (non-hydrogen) atoms. The third-order valence-electron chi connectivity index (χ3n) is 1.21. The molecule has 1 aromatic heterocycles. The molecule has 0 aromatic carbocycles. The number of aromatic nitrogens is 2. The molecule has 0 aliphatic heterocycles. The molecule has 1 rings (SSSR count). The van der Waals surface area contributed by atoms with Crippen LogP contribution in [0.5, 0.6) is 0 Å². The average molecular weight is 163 g/mol. The predicted octanol–water partition coefficient (Wildman–Crippen LogP) is 1.75. The Morgan fingerprint density at radius 3 is 2.22 bits per heavy atom. The molecule has 0 saturated heterocycles. The van der Waals surface area contributed by atoms with E-state index in [2.05, 4.69) is 0 Å². The largest absolute Gasteiger partial charge is 0.325 e. The first-order chi connectivity index (χ1) is 4.13. The normalized spacial score (nSPS) is 10.1. The standard InChI is InChI=1S/C5H7ClN2S/c1-7-3-4(6)8(2)5(7)9/h3H,1-2H3. The highest BCUT2D eigenvalue weighted by molar-refractivity contribution is 7.71. The van der Waals surface area contributed by atoms with Gasteiger partial charge in [0.2, 0.25) is 0 Å². The Hall–Kier alpha value is -0.280. The van der Waals surface area contributed by atoms with Gasteiger partial charge in [-0.3, -0.25) is 0 Å². The van der Waals surface area contributed by atoms with Gasteiger partial charge in [-0.15, -0.1) is 0 Å². The zero-order valence-corrected chi connectivity index (χ0v) is 6.83. The third-order valence-corrected chi connectivity index (χ3v) is 2.12. The van der Waals surface area contributed by atoms with E-state index in [9.17, 15) is 0 Å². The number of nitrogens with zero attached hydrogens (tertiary/aromatic N) is 2. The Kier molecular flexibility index (Phi) is 1.64. The van der Waals surface area contributed by atoms with Gasteiger partial charge in [-0.25, -0.2) is 0 Å². The van der Waals surface area contributed by atoms with Gasteiger partial charge in [-0.05, 0) is 12.2 Å². The molecule has 0 N–H and O–H groups in total. The van der Waals surface area contributed by atoms with E-state index in [1.807, 2.05) is 14.1 Å². The number of hydrogen-bond acceptors (Lipinski definition) is 1. The fourth-order valence-corrected chi connectivity index (χ4v) is 1.06. The first-order valence-corrected chi connectivity index (χ1v) is 3.29. The summed E-state index contributed by atoms with van der Waals surface area (Å²) < 4.78 is 4.29. The van der Waals surface area contributed by atoms with Crippen LogP contribution in [0.2, 0.25) is 5.15 Å². The van der Waals surface area contributed by atoms with Gasteiger partial charge >= 0.3 is 0 Å². The lowest BCUT2D eigenvalue weighted by atomic mass is 10.9. The van der Waals surface area contributed by atoms with Crippen LogP contribution in [0.15, 0.2) is 6.20 Å². The minimum absolute atomic E-state index is 0.669. The van der Waals surface area contributed by atoms with Crippen molar-refractivity contribution in [2.75, 3.05) is 0 Å². The van der Waals surface area contributed by atoms with E-state index in [4.69, 9.17) is 23.8 Å². The number of imidazole rings is 1. The van der Waals surface area contributed by atoms with Gasteiger partial charge < -0.3 is 9.13 Å². The zero-order chi connectivity index (χ0) is 7.02. The minimum Gasteiger partial charge on any atom is -0.325 e. The van der Waals surface area contributed by atoms with Crippen LogP contribution in [-0.2, 0) is 14.1 Å². The molecule has 0 radical (unpaired) electrons. The molecule has 0 fully saturated rings. The number of hydrogen-bond donors (Lipinski definition) is 0. The second-order valence-electron chi connectivity index (χ2n) is 1.90. The number of aryl methyl sites for hydroxylation is 1. The topological polar surface area (TPSA) is 9.86 Å². The molecule has 50 valence electrons. The average Bonchev–Trinajstić information content (AvgIpc) is 1.98. The molecule has 4 heteroatoms. The fourth-order valence-electron chi connectivity index (χ4n) is 0.630. The van der Waals surface area contributed by atoms with Crippen LogP contribution in [0.25, 0.3) is 0 Å². The van der Waals surface area contributed by atoms with Crippen LogP contribution in [0.4, 0.5) is 0 Å². The van der Waals surface area contributed by atoms with E-state index in [-0.39, 0.29) is 0 Å². The summed E-state index contributed by atoms with van der Waals surface area (Å²) in [7, 11) is 3.71. The molecule has 0 bridgehead atoms. The molecule has 0 aliphatic carbocycles. The smallest absolute Gasteiger partial charge is 0.180 e. The Morgan fingerprint density at radius 1 is 1.56 bits per heavy atom. The first-order valence-electron chi connectivity index (χ1n) is 2.51. The van der Waals surface area contributed by atoms with Crippen LogP contribution >= 0.6 is 23.8 Å². The van der Waals surface area contributed by atoms with E-state index >= 15 is 0 Å². The first kappa shape index (κ1) is 6.83. The van der Waals surface area contributed by atoms with Crippen LogP contribution in [-0.4, -0.2) is 9.13 Å². The lowest BCUT2D eigenvalue weighted by Gasteiger charge is -1.88. The molecular weight excluding hydrogens is 156 g/mol. The van der Waals surface area contributed by atoms with E-state index in [1.165, 1.54) is 0 Å². The van der Waals surface area contributed by atoms with Crippen molar-refractivity contribution >= 4 is 23.8 Å². The number of rotatable bonds is 0. The molecule has 0 spiro atoms.